The molecule has 1 amide bonds. The van der Waals surface area contributed by atoms with Crippen molar-refractivity contribution < 1.29 is 24.5 Å². The van der Waals surface area contributed by atoms with Gasteiger partial charge < -0.3 is 24.6 Å². The summed E-state index contributed by atoms with van der Waals surface area (Å²) < 4.78 is 12.8. The van der Waals surface area contributed by atoms with E-state index in [1.165, 1.54) is 15.5 Å². The second-order valence-corrected chi connectivity index (χ2v) is 10.3. The largest absolute Gasteiger partial charge is 0.507 e. The van der Waals surface area contributed by atoms with Crippen LogP contribution in [0.5, 0.6) is 17.2 Å². The van der Waals surface area contributed by atoms with Crippen LogP contribution in [0.3, 0.4) is 0 Å². The lowest BCUT2D eigenvalue weighted by atomic mass is 9.99. The van der Waals surface area contributed by atoms with Crippen molar-refractivity contribution in [2.45, 2.75) is 25.9 Å². The number of nitrogens with one attached hydrogen (secondary N) is 1. The summed E-state index contributed by atoms with van der Waals surface area (Å²) in [5, 5.41) is 27.9. The Morgan fingerprint density at radius 3 is 2.78 bits per heavy atom. The summed E-state index contributed by atoms with van der Waals surface area (Å²) in [7, 11) is 1.63. The zero-order valence-electron chi connectivity index (χ0n) is 23.2. The molecule has 1 aliphatic heterocycles. The number of morpholine rings is 1. The highest BCUT2D eigenvalue weighted by molar-refractivity contribution is 5.98. The Morgan fingerprint density at radius 1 is 1.20 bits per heavy atom. The Balaban J connectivity index is 1.31. The van der Waals surface area contributed by atoms with Crippen LogP contribution in [0, 0.1) is 0 Å². The number of phenolic OH excluding ortho intramolecular Hbond substituents is 2. The molecule has 0 radical (unpaired) electrons. The number of amides is 1. The molecule has 0 saturated carbocycles. The van der Waals surface area contributed by atoms with E-state index >= 15 is 0 Å². The lowest BCUT2D eigenvalue weighted by Gasteiger charge is -2.26. The van der Waals surface area contributed by atoms with Crippen LogP contribution in [0.1, 0.15) is 35.3 Å². The molecule has 5 rings (SSSR count). The van der Waals surface area contributed by atoms with E-state index in [9.17, 15) is 19.8 Å². The van der Waals surface area contributed by atoms with Gasteiger partial charge in [0.15, 0.2) is 5.82 Å². The van der Waals surface area contributed by atoms with Crippen LogP contribution >= 0.6 is 0 Å². The average Bonchev–Trinajstić information content (AvgIpc) is 3.34. The molecule has 1 saturated heterocycles. The van der Waals surface area contributed by atoms with Gasteiger partial charge in [0, 0.05) is 39.3 Å². The number of nitrogens with zero attached hydrogens (tertiary/aromatic N) is 4. The van der Waals surface area contributed by atoms with Crippen LogP contribution in [-0.2, 0) is 11.3 Å². The number of aromatic nitrogens is 3. The van der Waals surface area contributed by atoms with Crippen LogP contribution in [0.2, 0.25) is 0 Å². The minimum atomic E-state index is -0.455. The van der Waals surface area contributed by atoms with Crippen LogP contribution in [0.4, 0.5) is 0 Å². The molecule has 41 heavy (non-hydrogen) atoms. The molecule has 216 valence electrons. The van der Waals surface area contributed by atoms with Crippen molar-refractivity contribution in [2.24, 2.45) is 0 Å². The van der Waals surface area contributed by atoms with Crippen molar-refractivity contribution in [1.82, 2.24) is 24.6 Å². The van der Waals surface area contributed by atoms with Gasteiger partial charge in [-0.25, -0.2) is 9.89 Å². The standard InChI is InChI=1S/C30H35N5O6/c1-20-6-3-4-9-25(20)35-28(31-32-30(35)39)23-17-24(27(37)18-26(23)36)29(38)33(2)19-21-7-5-8-22(16-21)41-15-12-34-10-13-40-14-11-34/h3-8,16-18,25,36-37H,9-15,19H2,1-2H3,(H,32,39). The topological polar surface area (TPSA) is 133 Å². The molecule has 0 bridgehead atoms. The molecular formula is C30H35N5O6. The Bertz CT molecular complexity index is 1520. The minimum absolute atomic E-state index is 0.0176. The molecule has 2 aromatic carbocycles. The number of carbonyl (C=O) groups is 1. The molecule has 3 N–H and O–H groups in total. The summed E-state index contributed by atoms with van der Waals surface area (Å²) in [6.07, 6.45) is 6.38. The number of hydrogen-bond acceptors (Lipinski definition) is 8. The van der Waals surface area contributed by atoms with Gasteiger partial charge in [-0.3, -0.25) is 14.3 Å². The molecule has 1 aliphatic carbocycles. The fourth-order valence-electron chi connectivity index (χ4n) is 5.15. The molecule has 2 heterocycles. The van der Waals surface area contributed by atoms with E-state index in [4.69, 9.17) is 9.47 Å². The van der Waals surface area contributed by atoms with E-state index in [2.05, 4.69) is 15.1 Å². The normalized spacial score (nSPS) is 17.3. The molecular weight excluding hydrogens is 526 g/mol. The second-order valence-electron chi connectivity index (χ2n) is 10.3. The smallest absolute Gasteiger partial charge is 0.344 e. The van der Waals surface area contributed by atoms with Crippen molar-refractivity contribution in [1.29, 1.82) is 0 Å². The van der Waals surface area contributed by atoms with E-state index in [-0.39, 0.29) is 41.0 Å². The van der Waals surface area contributed by atoms with E-state index < -0.39 is 11.6 Å². The SMILES string of the molecule is CC1=CC=CCC1n1c(-c2cc(C(=O)N(C)Cc3cccc(OCCN4CCOCC4)c3)c(O)cc2O)n[nH]c1=O. The number of hydrogen-bond donors (Lipinski definition) is 3. The first-order chi connectivity index (χ1) is 19.8. The Hall–Kier alpha value is -4.35. The highest BCUT2D eigenvalue weighted by Gasteiger charge is 2.26. The number of H-pyrrole nitrogens is 1. The summed E-state index contributed by atoms with van der Waals surface area (Å²) in [6.45, 7) is 6.82. The number of carbonyl (C=O) groups excluding carboxylic acids is 1. The van der Waals surface area contributed by atoms with Gasteiger partial charge >= 0.3 is 5.69 Å². The van der Waals surface area contributed by atoms with Gasteiger partial charge in [0.2, 0.25) is 0 Å². The third-order valence-electron chi connectivity index (χ3n) is 7.43. The average molecular weight is 562 g/mol. The number of phenols is 2. The first-order valence-corrected chi connectivity index (χ1v) is 13.7. The molecule has 1 aromatic heterocycles. The number of aromatic amines is 1. The van der Waals surface area contributed by atoms with Gasteiger partial charge in [0.05, 0.1) is 30.4 Å². The fourth-order valence-corrected chi connectivity index (χ4v) is 5.15. The molecule has 0 spiro atoms. The van der Waals surface area contributed by atoms with Crippen LogP contribution in [-0.4, -0.2) is 87.2 Å². The summed E-state index contributed by atoms with van der Waals surface area (Å²) in [6, 6.07) is 9.73. The van der Waals surface area contributed by atoms with Crippen molar-refractivity contribution in [3.8, 4) is 28.6 Å². The fraction of sp³-hybridized carbons (Fsp3) is 0.367. The van der Waals surface area contributed by atoms with E-state index in [0.29, 0.717) is 18.8 Å². The van der Waals surface area contributed by atoms with Crippen LogP contribution in [0.15, 0.2) is 65.0 Å². The number of benzene rings is 2. The molecule has 1 atom stereocenters. The lowest BCUT2D eigenvalue weighted by molar-refractivity contribution is 0.0322. The summed E-state index contributed by atoms with van der Waals surface area (Å²) >= 11 is 0. The summed E-state index contributed by atoms with van der Waals surface area (Å²) in [5.74, 6) is -0.228. The number of aromatic hydroxyl groups is 2. The second kappa shape index (κ2) is 12.4. The summed E-state index contributed by atoms with van der Waals surface area (Å²) in [4.78, 5) is 29.9. The zero-order chi connectivity index (χ0) is 28.9. The third kappa shape index (κ3) is 6.36. The van der Waals surface area contributed by atoms with Crippen molar-refractivity contribution in [3.63, 3.8) is 0 Å². The van der Waals surface area contributed by atoms with Gasteiger partial charge in [-0.15, -0.1) is 0 Å². The molecule has 1 unspecified atom stereocenters. The number of ether oxygens (including phenoxy) is 2. The van der Waals surface area contributed by atoms with Gasteiger partial charge in [0.25, 0.3) is 5.91 Å². The van der Waals surface area contributed by atoms with Crippen LogP contribution < -0.4 is 10.4 Å². The van der Waals surface area contributed by atoms with Gasteiger partial charge in [-0.05, 0) is 37.1 Å². The molecule has 3 aromatic rings. The van der Waals surface area contributed by atoms with Crippen LogP contribution in [0.25, 0.3) is 11.4 Å². The van der Waals surface area contributed by atoms with Crippen molar-refractivity contribution in [3.05, 3.63) is 81.8 Å². The van der Waals surface area contributed by atoms with Gasteiger partial charge in [0.1, 0.15) is 23.9 Å². The van der Waals surface area contributed by atoms with Gasteiger partial charge in [-0.2, -0.15) is 5.10 Å². The van der Waals surface area contributed by atoms with E-state index in [0.717, 1.165) is 50.1 Å². The predicted octanol–water partition coefficient (Wildman–Crippen LogP) is 3.08. The van der Waals surface area contributed by atoms with Crippen molar-refractivity contribution >= 4 is 5.91 Å². The number of allylic oxidation sites excluding steroid dienone is 4. The maximum Gasteiger partial charge on any atom is 0.344 e. The number of rotatable bonds is 9. The predicted molar refractivity (Wildman–Crippen MR) is 153 cm³/mol. The van der Waals surface area contributed by atoms with Gasteiger partial charge in [-0.1, -0.05) is 35.9 Å². The first-order valence-electron chi connectivity index (χ1n) is 13.7. The quantitative estimate of drug-likeness (QED) is 0.363. The summed E-state index contributed by atoms with van der Waals surface area (Å²) in [5.41, 5.74) is 1.53. The van der Waals surface area contributed by atoms with E-state index in [1.807, 2.05) is 49.4 Å². The zero-order valence-corrected chi connectivity index (χ0v) is 23.2. The van der Waals surface area contributed by atoms with E-state index in [1.54, 1.807) is 7.05 Å². The molecule has 11 nitrogen and oxygen atoms in total. The molecule has 11 heteroatoms. The highest BCUT2D eigenvalue weighted by atomic mass is 16.5. The lowest BCUT2D eigenvalue weighted by Crippen LogP contribution is -2.38. The first kappa shape index (κ1) is 28.2. The maximum absolute atomic E-state index is 13.5. The Kier molecular flexibility index (Phi) is 8.55. The highest BCUT2D eigenvalue weighted by Crippen LogP contribution is 2.36. The Labute approximate surface area is 237 Å². The monoisotopic (exact) mass is 561 g/mol. The molecule has 2 aliphatic rings. The minimum Gasteiger partial charge on any atom is -0.507 e. The third-order valence-corrected chi connectivity index (χ3v) is 7.43. The molecule has 1 fully saturated rings. The van der Waals surface area contributed by atoms with Crippen molar-refractivity contribution in [2.75, 3.05) is 46.5 Å². The Morgan fingerprint density at radius 2 is 2.00 bits per heavy atom. The maximum atomic E-state index is 13.5.